The van der Waals surface area contributed by atoms with Crippen molar-refractivity contribution in [1.82, 2.24) is 15.4 Å². The molecule has 2 aliphatic rings. The van der Waals surface area contributed by atoms with Gasteiger partial charge in [0.25, 0.3) is 5.91 Å². The molecular formula is C11H15N3O2. The Morgan fingerprint density at radius 3 is 3.31 bits per heavy atom. The van der Waals surface area contributed by atoms with Crippen LogP contribution in [0, 0.1) is 5.92 Å². The second kappa shape index (κ2) is 3.90. The number of rotatable bonds is 1. The number of nitrogens with zero attached hydrogens (tertiary/aromatic N) is 2. The van der Waals surface area contributed by atoms with Gasteiger partial charge in [0, 0.05) is 19.1 Å². The van der Waals surface area contributed by atoms with E-state index in [0.29, 0.717) is 17.5 Å². The molecule has 16 heavy (non-hydrogen) atoms. The second-order valence-electron chi connectivity index (χ2n) is 4.56. The predicted molar refractivity (Wildman–Crippen MR) is 56.9 cm³/mol. The quantitative estimate of drug-likeness (QED) is 0.750. The van der Waals surface area contributed by atoms with Crippen molar-refractivity contribution in [2.75, 3.05) is 19.6 Å². The second-order valence-corrected chi connectivity index (χ2v) is 4.56. The summed E-state index contributed by atoms with van der Waals surface area (Å²) in [6.07, 6.45) is 5.14. The first kappa shape index (κ1) is 9.84. The molecular weight excluding hydrogens is 206 g/mol. The highest BCUT2D eigenvalue weighted by atomic mass is 16.5. The number of fused-ring (bicyclic) bond motifs is 1. The van der Waals surface area contributed by atoms with E-state index in [1.807, 2.05) is 4.90 Å². The highest BCUT2D eigenvalue weighted by molar-refractivity contribution is 5.93. The third-order valence-corrected chi connectivity index (χ3v) is 3.62. The number of carbonyl (C=O) groups excluding carboxylic acids is 1. The summed E-state index contributed by atoms with van der Waals surface area (Å²) in [5.74, 6) is 0.671. The van der Waals surface area contributed by atoms with Crippen LogP contribution in [-0.4, -0.2) is 41.6 Å². The lowest BCUT2D eigenvalue weighted by atomic mass is 9.93. The first-order valence-electron chi connectivity index (χ1n) is 5.76. The number of likely N-dealkylation sites (tertiary alicyclic amines) is 1. The molecule has 0 aliphatic carbocycles. The van der Waals surface area contributed by atoms with E-state index in [1.165, 1.54) is 18.9 Å². The van der Waals surface area contributed by atoms with E-state index in [1.54, 1.807) is 0 Å². The van der Waals surface area contributed by atoms with E-state index in [-0.39, 0.29) is 5.91 Å². The van der Waals surface area contributed by atoms with Gasteiger partial charge < -0.3 is 14.7 Å². The Balaban J connectivity index is 1.70. The van der Waals surface area contributed by atoms with Crippen LogP contribution in [-0.2, 0) is 0 Å². The molecule has 86 valence electrons. The van der Waals surface area contributed by atoms with Gasteiger partial charge in [-0.05, 0) is 25.3 Å². The molecule has 1 aromatic rings. The minimum atomic E-state index is 0.0478. The van der Waals surface area contributed by atoms with E-state index in [9.17, 15) is 4.79 Å². The van der Waals surface area contributed by atoms with E-state index >= 15 is 0 Å². The number of amides is 1. The maximum absolute atomic E-state index is 12.1. The van der Waals surface area contributed by atoms with Crippen LogP contribution < -0.4 is 5.32 Å². The molecule has 0 radical (unpaired) electrons. The van der Waals surface area contributed by atoms with Crippen molar-refractivity contribution in [3.63, 3.8) is 0 Å². The summed E-state index contributed by atoms with van der Waals surface area (Å²) >= 11 is 0. The molecule has 2 unspecified atom stereocenters. The minimum Gasteiger partial charge on any atom is -0.364 e. The zero-order valence-corrected chi connectivity index (χ0v) is 9.06. The molecule has 5 heteroatoms. The molecule has 0 spiro atoms. The summed E-state index contributed by atoms with van der Waals surface area (Å²) in [5.41, 5.74) is 0.560. The lowest BCUT2D eigenvalue weighted by Crippen LogP contribution is -2.46. The van der Waals surface area contributed by atoms with Gasteiger partial charge in [0.05, 0.1) is 11.8 Å². The Labute approximate surface area is 93.8 Å². The van der Waals surface area contributed by atoms with Crippen molar-refractivity contribution < 1.29 is 9.32 Å². The fourth-order valence-electron chi connectivity index (χ4n) is 2.73. The van der Waals surface area contributed by atoms with Gasteiger partial charge in [0.2, 0.25) is 0 Å². The molecule has 5 nitrogen and oxygen atoms in total. The van der Waals surface area contributed by atoms with E-state index in [4.69, 9.17) is 4.52 Å². The summed E-state index contributed by atoms with van der Waals surface area (Å²) in [4.78, 5) is 14.0. The molecule has 0 saturated carbocycles. The summed E-state index contributed by atoms with van der Waals surface area (Å²) in [7, 11) is 0. The lowest BCUT2D eigenvalue weighted by Gasteiger charge is -2.34. The van der Waals surface area contributed by atoms with Crippen molar-refractivity contribution in [2.24, 2.45) is 5.92 Å². The molecule has 1 N–H and O–H groups in total. The predicted octanol–water partition coefficient (Wildman–Crippen LogP) is 0.499. The van der Waals surface area contributed by atoms with Gasteiger partial charge in [0.15, 0.2) is 0 Å². The van der Waals surface area contributed by atoms with Crippen LogP contribution in [0.4, 0.5) is 0 Å². The Morgan fingerprint density at radius 2 is 2.50 bits per heavy atom. The average Bonchev–Trinajstić information content (AvgIpc) is 2.98. The van der Waals surface area contributed by atoms with Crippen LogP contribution in [0.15, 0.2) is 17.0 Å². The van der Waals surface area contributed by atoms with Gasteiger partial charge in [-0.3, -0.25) is 4.79 Å². The van der Waals surface area contributed by atoms with Crippen LogP contribution >= 0.6 is 0 Å². The Kier molecular flexibility index (Phi) is 2.40. The Hall–Kier alpha value is -1.36. The molecule has 2 atom stereocenters. The largest absolute Gasteiger partial charge is 0.364 e. The Bertz CT molecular complexity index is 377. The van der Waals surface area contributed by atoms with Crippen molar-refractivity contribution in [3.05, 3.63) is 18.0 Å². The van der Waals surface area contributed by atoms with Crippen molar-refractivity contribution in [2.45, 2.75) is 18.9 Å². The van der Waals surface area contributed by atoms with E-state index in [2.05, 4.69) is 10.5 Å². The van der Waals surface area contributed by atoms with Crippen LogP contribution in [0.3, 0.4) is 0 Å². The summed E-state index contributed by atoms with van der Waals surface area (Å²) in [5, 5.41) is 7.05. The van der Waals surface area contributed by atoms with Crippen LogP contribution in [0.25, 0.3) is 0 Å². The summed E-state index contributed by atoms with van der Waals surface area (Å²) in [6.45, 7) is 2.78. The fourth-order valence-corrected chi connectivity index (χ4v) is 2.73. The van der Waals surface area contributed by atoms with Gasteiger partial charge >= 0.3 is 0 Å². The van der Waals surface area contributed by atoms with Crippen molar-refractivity contribution >= 4 is 5.91 Å². The van der Waals surface area contributed by atoms with Gasteiger partial charge in [-0.25, -0.2) is 0 Å². The van der Waals surface area contributed by atoms with Gasteiger partial charge in [0.1, 0.15) is 6.26 Å². The van der Waals surface area contributed by atoms with Crippen LogP contribution in [0.5, 0.6) is 0 Å². The minimum absolute atomic E-state index is 0.0478. The standard InChI is InChI=1S/C11H15N3O2/c15-11(9-5-13-16-7-9)14-4-2-10-8(6-14)1-3-12-10/h5,7-8,10,12H,1-4,6H2. The van der Waals surface area contributed by atoms with Crippen molar-refractivity contribution in [1.29, 1.82) is 0 Å². The van der Waals surface area contributed by atoms with Gasteiger partial charge in [-0.1, -0.05) is 5.16 Å². The molecule has 0 bridgehead atoms. The lowest BCUT2D eigenvalue weighted by molar-refractivity contribution is 0.0661. The summed E-state index contributed by atoms with van der Waals surface area (Å²) < 4.78 is 4.70. The number of nitrogens with one attached hydrogen (secondary N) is 1. The zero-order valence-electron chi connectivity index (χ0n) is 9.06. The van der Waals surface area contributed by atoms with E-state index < -0.39 is 0 Å². The number of carbonyl (C=O) groups is 1. The molecule has 1 amide bonds. The SMILES string of the molecule is O=C(c1cnoc1)N1CCC2NCCC2C1. The first-order valence-corrected chi connectivity index (χ1v) is 5.76. The zero-order chi connectivity index (χ0) is 11.0. The molecule has 1 aromatic heterocycles. The number of hydrogen-bond acceptors (Lipinski definition) is 4. The molecule has 0 aromatic carbocycles. The topological polar surface area (TPSA) is 58.4 Å². The number of piperidine rings is 1. The van der Waals surface area contributed by atoms with Gasteiger partial charge in [-0.2, -0.15) is 0 Å². The highest BCUT2D eigenvalue weighted by Gasteiger charge is 2.34. The molecule has 3 heterocycles. The maximum Gasteiger partial charge on any atom is 0.258 e. The fraction of sp³-hybridized carbons (Fsp3) is 0.636. The highest BCUT2D eigenvalue weighted by Crippen LogP contribution is 2.25. The monoisotopic (exact) mass is 221 g/mol. The van der Waals surface area contributed by atoms with Gasteiger partial charge in [-0.15, -0.1) is 0 Å². The number of aromatic nitrogens is 1. The third kappa shape index (κ3) is 1.61. The third-order valence-electron chi connectivity index (χ3n) is 3.62. The summed E-state index contributed by atoms with van der Waals surface area (Å²) in [6, 6.07) is 0.617. The molecule has 3 rings (SSSR count). The van der Waals surface area contributed by atoms with Crippen LogP contribution in [0.1, 0.15) is 23.2 Å². The molecule has 2 fully saturated rings. The molecule has 2 saturated heterocycles. The number of hydrogen-bond donors (Lipinski definition) is 1. The molecule has 2 aliphatic heterocycles. The normalized spacial score (nSPS) is 29.1. The maximum atomic E-state index is 12.1. The smallest absolute Gasteiger partial charge is 0.258 e. The first-order chi connectivity index (χ1) is 7.84. The van der Waals surface area contributed by atoms with E-state index in [0.717, 1.165) is 26.1 Å². The average molecular weight is 221 g/mol. The van der Waals surface area contributed by atoms with Crippen LogP contribution in [0.2, 0.25) is 0 Å². The van der Waals surface area contributed by atoms with Crippen molar-refractivity contribution in [3.8, 4) is 0 Å². The Morgan fingerprint density at radius 1 is 1.56 bits per heavy atom.